The van der Waals surface area contributed by atoms with Crippen molar-refractivity contribution in [1.29, 1.82) is 5.26 Å². The van der Waals surface area contributed by atoms with Crippen molar-refractivity contribution in [2.75, 3.05) is 6.54 Å². The Morgan fingerprint density at radius 2 is 2.30 bits per heavy atom. The molecule has 108 valence electrons. The van der Waals surface area contributed by atoms with Crippen LogP contribution >= 0.6 is 0 Å². The molecule has 0 unspecified atom stereocenters. The quantitative estimate of drug-likeness (QED) is 0.759. The van der Waals surface area contributed by atoms with Gasteiger partial charge in [-0.05, 0) is 12.8 Å². The van der Waals surface area contributed by atoms with Crippen LogP contribution in [0.15, 0.2) is 17.3 Å². The second-order valence-corrected chi connectivity index (χ2v) is 6.41. The summed E-state index contributed by atoms with van der Waals surface area (Å²) >= 11 is 0. The molecular weight excluding hydrogens is 284 g/mol. The third kappa shape index (κ3) is 3.15. The molecule has 0 atom stereocenters. The first-order chi connectivity index (χ1) is 9.45. The van der Waals surface area contributed by atoms with Crippen molar-refractivity contribution < 1.29 is 18.3 Å². The van der Waals surface area contributed by atoms with E-state index in [2.05, 4.69) is 5.10 Å². The molecule has 0 amide bonds. The number of hydrogen-bond donors (Lipinski definition) is 1. The van der Waals surface area contributed by atoms with Gasteiger partial charge in [-0.2, -0.15) is 14.7 Å². The maximum Gasteiger partial charge on any atom is 0.325 e. The van der Waals surface area contributed by atoms with E-state index in [1.807, 2.05) is 6.07 Å². The van der Waals surface area contributed by atoms with Crippen LogP contribution in [-0.2, 0) is 21.4 Å². The summed E-state index contributed by atoms with van der Waals surface area (Å²) in [5.41, 5.74) is 0. The summed E-state index contributed by atoms with van der Waals surface area (Å²) in [6, 6.07) is 1.87. The van der Waals surface area contributed by atoms with Gasteiger partial charge in [0.15, 0.2) is 0 Å². The Morgan fingerprint density at radius 3 is 2.85 bits per heavy atom. The normalized spacial score (nSPS) is 15.2. The lowest BCUT2D eigenvalue weighted by atomic mass is 10.4. The number of carboxylic acids is 1. The van der Waals surface area contributed by atoms with Crippen molar-refractivity contribution in [3.63, 3.8) is 0 Å². The van der Waals surface area contributed by atoms with Crippen molar-refractivity contribution in [3.05, 3.63) is 12.4 Å². The summed E-state index contributed by atoms with van der Waals surface area (Å²) in [6.45, 7) is -0.245. The van der Waals surface area contributed by atoms with Gasteiger partial charge in [0, 0.05) is 25.2 Å². The molecule has 1 aliphatic rings. The molecule has 1 aromatic rings. The van der Waals surface area contributed by atoms with Gasteiger partial charge in [0.25, 0.3) is 0 Å². The van der Waals surface area contributed by atoms with Crippen LogP contribution in [0.1, 0.15) is 19.3 Å². The first-order valence-electron chi connectivity index (χ1n) is 6.08. The Kier molecular flexibility index (Phi) is 4.06. The van der Waals surface area contributed by atoms with Crippen LogP contribution < -0.4 is 0 Å². The van der Waals surface area contributed by atoms with E-state index in [9.17, 15) is 13.2 Å². The van der Waals surface area contributed by atoms with Crippen LogP contribution in [0.5, 0.6) is 0 Å². The highest BCUT2D eigenvalue weighted by Gasteiger charge is 2.38. The molecule has 1 aliphatic carbocycles. The molecule has 0 aromatic carbocycles. The van der Waals surface area contributed by atoms with Crippen LogP contribution in [-0.4, -0.2) is 46.2 Å². The van der Waals surface area contributed by atoms with Crippen molar-refractivity contribution >= 4 is 16.0 Å². The van der Waals surface area contributed by atoms with Gasteiger partial charge < -0.3 is 5.11 Å². The average Bonchev–Trinajstić information content (AvgIpc) is 3.08. The number of aliphatic carboxylic acids is 1. The zero-order chi connectivity index (χ0) is 14.8. The highest BCUT2D eigenvalue weighted by Crippen LogP contribution is 2.31. The van der Waals surface area contributed by atoms with Gasteiger partial charge in [0.1, 0.15) is 11.4 Å². The smallest absolute Gasteiger partial charge is 0.325 e. The van der Waals surface area contributed by atoms with Gasteiger partial charge in [-0.1, -0.05) is 0 Å². The maximum atomic E-state index is 12.4. The summed E-state index contributed by atoms with van der Waals surface area (Å²) in [7, 11) is -3.72. The molecule has 1 aromatic heterocycles. The first kappa shape index (κ1) is 14.5. The fourth-order valence-corrected chi connectivity index (χ4v) is 3.50. The molecule has 1 fully saturated rings. The highest BCUT2D eigenvalue weighted by molar-refractivity contribution is 7.89. The monoisotopic (exact) mass is 298 g/mol. The van der Waals surface area contributed by atoms with E-state index in [1.54, 1.807) is 0 Å². The van der Waals surface area contributed by atoms with Gasteiger partial charge in [0.2, 0.25) is 10.0 Å². The van der Waals surface area contributed by atoms with Gasteiger partial charge in [-0.15, -0.1) is 0 Å². The second-order valence-electron chi connectivity index (χ2n) is 4.52. The number of carbonyl (C=O) groups is 1. The van der Waals surface area contributed by atoms with E-state index >= 15 is 0 Å². The number of hydrogen-bond acceptors (Lipinski definition) is 5. The topological polar surface area (TPSA) is 116 Å². The molecular formula is C11H14N4O4S. The number of rotatable bonds is 7. The molecule has 1 heterocycles. The van der Waals surface area contributed by atoms with E-state index in [0.29, 0.717) is 0 Å². The fourth-order valence-electron chi connectivity index (χ4n) is 1.86. The van der Waals surface area contributed by atoms with Gasteiger partial charge in [-0.25, -0.2) is 8.42 Å². The Hall–Kier alpha value is -1.92. The zero-order valence-corrected chi connectivity index (χ0v) is 11.5. The minimum Gasteiger partial charge on any atom is -0.480 e. The summed E-state index contributed by atoms with van der Waals surface area (Å²) in [6.07, 6.45) is 4.03. The van der Waals surface area contributed by atoms with Crippen molar-refractivity contribution in [2.45, 2.75) is 36.7 Å². The van der Waals surface area contributed by atoms with Crippen LogP contribution in [0.3, 0.4) is 0 Å². The third-order valence-corrected chi connectivity index (χ3v) is 4.82. The lowest BCUT2D eigenvalue weighted by molar-refractivity contribution is -0.137. The van der Waals surface area contributed by atoms with Crippen LogP contribution in [0.25, 0.3) is 0 Å². The van der Waals surface area contributed by atoms with Crippen molar-refractivity contribution in [3.8, 4) is 6.07 Å². The SMILES string of the molecule is N#CCCN(C1CC1)S(=O)(=O)c1cnn(CC(=O)O)c1. The lowest BCUT2D eigenvalue weighted by Gasteiger charge is -2.19. The van der Waals surface area contributed by atoms with E-state index in [-0.39, 0.29) is 23.9 Å². The number of carboxylic acid groups (broad SMARTS) is 1. The first-order valence-corrected chi connectivity index (χ1v) is 7.52. The van der Waals surface area contributed by atoms with Crippen LogP contribution in [0.4, 0.5) is 0 Å². The zero-order valence-electron chi connectivity index (χ0n) is 10.6. The summed E-state index contributed by atoms with van der Waals surface area (Å²) in [4.78, 5) is 10.5. The van der Waals surface area contributed by atoms with Gasteiger partial charge in [0.05, 0.1) is 12.3 Å². The number of aromatic nitrogens is 2. The lowest BCUT2D eigenvalue weighted by Crippen LogP contribution is -2.33. The summed E-state index contributed by atoms with van der Waals surface area (Å²) in [5, 5.41) is 21.0. The van der Waals surface area contributed by atoms with E-state index in [4.69, 9.17) is 10.4 Å². The molecule has 0 bridgehead atoms. The van der Waals surface area contributed by atoms with Gasteiger partial charge >= 0.3 is 5.97 Å². The van der Waals surface area contributed by atoms with Crippen molar-refractivity contribution in [2.24, 2.45) is 0 Å². The predicted molar refractivity (Wildman–Crippen MR) is 67.0 cm³/mol. The molecule has 0 radical (unpaired) electrons. The molecule has 20 heavy (non-hydrogen) atoms. The van der Waals surface area contributed by atoms with Crippen LogP contribution in [0, 0.1) is 11.3 Å². The van der Waals surface area contributed by atoms with E-state index < -0.39 is 22.5 Å². The predicted octanol–water partition coefficient (Wildman–Crippen LogP) is 0.0345. The maximum absolute atomic E-state index is 12.4. The van der Waals surface area contributed by atoms with E-state index in [1.165, 1.54) is 10.5 Å². The van der Waals surface area contributed by atoms with Gasteiger partial charge in [-0.3, -0.25) is 9.48 Å². The second kappa shape index (κ2) is 5.60. The third-order valence-electron chi connectivity index (χ3n) is 2.91. The number of nitrogens with zero attached hydrogens (tertiary/aromatic N) is 4. The fraction of sp³-hybridized carbons (Fsp3) is 0.545. The molecule has 1 saturated carbocycles. The molecule has 0 aliphatic heterocycles. The summed E-state index contributed by atoms with van der Waals surface area (Å²) < 4.78 is 27.2. The Labute approximate surface area is 116 Å². The molecule has 9 heteroatoms. The molecule has 2 rings (SSSR count). The van der Waals surface area contributed by atoms with E-state index in [0.717, 1.165) is 23.7 Å². The average molecular weight is 298 g/mol. The minimum absolute atomic E-state index is 0.0383. The largest absolute Gasteiger partial charge is 0.480 e. The number of sulfonamides is 1. The Bertz CT molecular complexity index is 642. The standard InChI is InChI=1S/C11H14N4O4S/c12-4-1-5-15(9-2-3-9)20(18,19)10-6-13-14(7-10)8-11(16)17/h6-7,9H,1-3,5,8H2,(H,16,17). The summed E-state index contributed by atoms with van der Waals surface area (Å²) in [5.74, 6) is -1.10. The molecule has 0 spiro atoms. The highest BCUT2D eigenvalue weighted by atomic mass is 32.2. The Balaban J connectivity index is 2.21. The van der Waals surface area contributed by atoms with Crippen molar-refractivity contribution in [1.82, 2.24) is 14.1 Å². The molecule has 1 N–H and O–H groups in total. The molecule has 8 nitrogen and oxygen atoms in total. The minimum atomic E-state index is -3.72. The van der Waals surface area contributed by atoms with Crippen LogP contribution in [0.2, 0.25) is 0 Å². The number of nitriles is 1. The Morgan fingerprint density at radius 1 is 1.60 bits per heavy atom. The molecule has 0 saturated heterocycles.